The predicted octanol–water partition coefficient (Wildman–Crippen LogP) is 1.27. The number of hydrogen-bond acceptors (Lipinski definition) is 7. The Labute approximate surface area is 165 Å². The van der Waals surface area contributed by atoms with Crippen molar-refractivity contribution in [1.82, 2.24) is 14.9 Å². The third-order valence-corrected chi connectivity index (χ3v) is 5.48. The first-order valence-corrected chi connectivity index (χ1v) is 9.82. The Morgan fingerprint density at radius 2 is 1.86 bits per heavy atom. The van der Waals surface area contributed by atoms with E-state index >= 15 is 0 Å². The van der Waals surface area contributed by atoms with Crippen LogP contribution >= 0.6 is 0 Å². The third-order valence-electron chi connectivity index (χ3n) is 5.48. The summed E-state index contributed by atoms with van der Waals surface area (Å²) < 4.78 is 0. The van der Waals surface area contributed by atoms with Crippen molar-refractivity contribution in [2.45, 2.75) is 51.5 Å². The molecular formula is C19H31N5O4. The first-order valence-electron chi connectivity index (χ1n) is 9.82. The Hall–Kier alpha value is -2.42. The zero-order valence-electron chi connectivity index (χ0n) is 16.4. The molecule has 1 aliphatic carbocycles. The molecule has 1 aliphatic heterocycles. The van der Waals surface area contributed by atoms with E-state index in [0.29, 0.717) is 17.9 Å². The minimum atomic E-state index is -0.250. The second-order valence-corrected chi connectivity index (χ2v) is 7.50. The number of nitrogens with one attached hydrogen (secondary N) is 1. The van der Waals surface area contributed by atoms with Crippen molar-refractivity contribution in [2.75, 3.05) is 30.7 Å². The summed E-state index contributed by atoms with van der Waals surface area (Å²) in [6.07, 6.45) is 5.60. The Morgan fingerprint density at radius 3 is 2.39 bits per heavy atom. The van der Waals surface area contributed by atoms with Gasteiger partial charge in [0.05, 0.1) is 0 Å². The van der Waals surface area contributed by atoms with Gasteiger partial charge >= 0.3 is 0 Å². The van der Waals surface area contributed by atoms with Crippen molar-refractivity contribution in [1.29, 1.82) is 0 Å². The molecule has 0 atom stereocenters. The van der Waals surface area contributed by atoms with Gasteiger partial charge in [-0.2, -0.15) is 4.98 Å². The van der Waals surface area contributed by atoms with Gasteiger partial charge in [0, 0.05) is 43.4 Å². The van der Waals surface area contributed by atoms with Gasteiger partial charge in [-0.1, -0.05) is 0 Å². The van der Waals surface area contributed by atoms with E-state index in [9.17, 15) is 9.90 Å². The van der Waals surface area contributed by atoms with Crippen LogP contribution in [0.3, 0.4) is 0 Å². The monoisotopic (exact) mass is 393 g/mol. The van der Waals surface area contributed by atoms with Gasteiger partial charge in [-0.15, -0.1) is 0 Å². The molecule has 5 N–H and O–H groups in total. The van der Waals surface area contributed by atoms with Crippen LogP contribution in [-0.4, -0.2) is 63.2 Å². The molecule has 0 spiro atoms. The second-order valence-electron chi connectivity index (χ2n) is 7.50. The highest BCUT2D eigenvalue weighted by Crippen LogP contribution is 2.29. The highest BCUT2D eigenvalue weighted by atomic mass is 16.3. The topological polar surface area (TPSA) is 142 Å². The lowest BCUT2D eigenvalue weighted by atomic mass is 9.84. The lowest BCUT2D eigenvalue weighted by Crippen LogP contribution is -2.43. The molecule has 3 rings (SSSR count). The van der Waals surface area contributed by atoms with E-state index in [1.165, 1.54) is 0 Å². The van der Waals surface area contributed by atoms with Crippen molar-refractivity contribution in [3.8, 4) is 0 Å². The standard InChI is InChI=1S/C18H29N5O2.CH2O2/c1-12-10-16(22-18(19)20-12)21-15-4-2-14(3-5-15)17(25)23-8-6-13(11-24)7-9-23;2-1-3/h10,13-15,24H,2-9,11H2,1H3,(H3,19,20,21,22);1H,(H,2,3). The van der Waals surface area contributed by atoms with Crippen LogP contribution in [0.4, 0.5) is 11.8 Å². The summed E-state index contributed by atoms with van der Waals surface area (Å²) in [7, 11) is 0. The summed E-state index contributed by atoms with van der Waals surface area (Å²) in [5, 5.41) is 19.5. The van der Waals surface area contributed by atoms with Crippen molar-refractivity contribution in [2.24, 2.45) is 11.8 Å². The van der Waals surface area contributed by atoms with E-state index in [2.05, 4.69) is 15.3 Å². The molecule has 2 aliphatic rings. The van der Waals surface area contributed by atoms with Gasteiger partial charge in [-0.3, -0.25) is 9.59 Å². The number of carboxylic acid groups (broad SMARTS) is 1. The van der Waals surface area contributed by atoms with Crippen LogP contribution in [0.5, 0.6) is 0 Å². The normalized spacial score (nSPS) is 22.7. The third kappa shape index (κ3) is 6.33. The van der Waals surface area contributed by atoms with Gasteiger partial charge in [0.15, 0.2) is 0 Å². The number of aliphatic hydroxyl groups excluding tert-OH is 1. The first kappa shape index (κ1) is 21.9. The fourth-order valence-electron chi connectivity index (χ4n) is 3.95. The number of carbonyl (C=O) groups excluding carboxylic acids is 1. The van der Waals surface area contributed by atoms with Crippen molar-refractivity contribution in [3.63, 3.8) is 0 Å². The summed E-state index contributed by atoms with van der Waals surface area (Å²) in [5.41, 5.74) is 6.55. The summed E-state index contributed by atoms with van der Waals surface area (Å²) in [6, 6.07) is 2.23. The average Bonchev–Trinajstić information content (AvgIpc) is 2.68. The van der Waals surface area contributed by atoms with E-state index in [0.717, 1.165) is 63.1 Å². The molecule has 0 aromatic carbocycles. The van der Waals surface area contributed by atoms with Gasteiger partial charge in [0.2, 0.25) is 11.9 Å². The maximum atomic E-state index is 12.7. The molecule has 156 valence electrons. The number of piperidine rings is 1. The molecule has 9 nitrogen and oxygen atoms in total. The second kappa shape index (κ2) is 10.8. The highest BCUT2D eigenvalue weighted by Gasteiger charge is 2.31. The van der Waals surface area contributed by atoms with E-state index in [-0.39, 0.29) is 24.9 Å². The molecule has 9 heteroatoms. The first-order chi connectivity index (χ1) is 13.5. The molecule has 0 radical (unpaired) electrons. The van der Waals surface area contributed by atoms with Gasteiger partial charge in [-0.05, 0) is 51.4 Å². The van der Waals surface area contributed by atoms with E-state index < -0.39 is 0 Å². The van der Waals surface area contributed by atoms with E-state index in [1.807, 2.05) is 17.9 Å². The summed E-state index contributed by atoms with van der Waals surface area (Å²) in [4.78, 5) is 31.4. The van der Waals surface area contributed by atoms with Crippen LogP contribution in [0, 0.1) is 18.8 Å². The molecule has 28 heavy (non-hydrogen) atoms. The number of hydrogen-bond donors (Lipinski definition) is 4. The van der Waals surface area contributed by atoms with Gasteiger partial charge < -0.3 is 26.2 Å². The number of carbonyl (C=O) groups is 2. The molecule has 2 fully saturated rings. The number of nitrogens with two attached hydrogens (primary N) is 1. The molecule has 2 heterocycles. The molecule has 0 unspecified atom stereocenters. The van der Waals surface area contributed by atoms with Crippen molar-refractivity contribution in [3.05, 3.63) is 11.8 Å². The molecule has 1 saturated heterocycles. The SMILES string of the molecule is Cc1cc(NC2CCC(C(=O)N3CCC(CO)CC3)CC2)nc(N)n1.O=CO. The molecule has 0 bridgehead atoms. The maximum Gasteiger partial charge on any atom is 0.290 e. The fraction of sp³-hybridized carbons (Fsp3) is 0.684. The number of nitrogen functional groups attached to an aromatic ring is 1. The van der Waals surface area contributed by atoms with Crippen LogP contribution in [-0.2, 0) is 9.59 Å². The summed E-state index contributed by atoms with van der Waals surface area (Å²) in [5.74, 6) is 1.87. The predicted molar refractivity (Wildman–Crippen MR) is 106 cm³/mol. The molecule has 1 saturated carbocycles. The Balaban J connectivity index is 0.000000878. The number of aromatic nitrogens is 2. The van der Waals surface area contributed by atoms with Crippen LogP contribution in [0.25, 0.3) is 0 Å². The molecule has 1 aromatic rings. The highest BCUT2D eigenvalue weighted by molar-refractivity contribution is 5.79. The van der Waals surface area contributed by atoms with Crippen LogP contribution in [0.1, 0.15) is 44.2 Å². The van der Waals surface area contributed by atoms with E-state index in [4.69, 9.17) is 15.6 Å². The molecule has 1 aromatic heterocycles. The van der Waals surface area contributed by atoms with Gasteiger partial charge in [0.25, 0.3) is 6.47 Å². The quantitative estimate of drug-likeness (QED) is 0.560. The Morgan fingerprint density at radius 1 is 1.25 bits per heavy atom. The number of aliphatic hydroxyl groups is 1. The molecular weight excluding hydrogens is 362 g/mol. The lowest BCUT2D eigenvalue weighted by molar-refractivity contribution is -0.138. The van der Waals surface area contributed by atoms with E-state index in [1.54, 1.807) is 0 Å². The van der Waals surface area contributed by atoms with Crippen LogP contribution in [0.2, 0.25) is 0 Å². The number of nitrogens with zero attached hydrogens (tertiary/aromatic N) is 3. The Bertz CT molecular complexity index is 621. The average molecular weight is 393 g/mol. The number of rotatable bonds is 4. The smallest absolute Gasteiger partial charge is 0.290 e. The Kier molecular flexibility index (Phi) is 8.43. The minimum absolute atomic E-state index is 0.140. The van der Waals surface area contributed by atoms with Gasteiger partial charge in [0.1, 0.15) is 5.82 Å². The summed E-state index contributed by atoms with van der Waals surface area (Å²) >= 11 is 0. The number of anilines is 2. The minimum Gasteiger partial charge on any atom is -0.483 e. The summed E-state index contributed by atoms with van der Waals surface area (Å²) in [6.45, 7) is 3.48. The molecule has 1 amide bonds. The van der Waals surface area contributed by atoms with Crippen molar-refractivity contribution < 1.29 is 19.8 Å². The zero-order chi connectivity index (χ0) is 20.5. The maximum absolute atomic E-state index is 12.7. The number of amides is 1. The van der Waals surface area contributed by atoms with Crippen LogP contribution in [0.15, 0.2) is 6.07 Å². The lowest BCUT2D eigenvalue weighted by Gasteiger charge is -2.36. The number of aryl methyl sites for hydroxylation is 1. The van der Waals surface area contributed by atoms with Crippen LogP contribution < -0.4 is 11.1 Å². The number of likely N-dealkylation sites (tertiary alicyclic amines) is 1. The zero-order valence-corrected chi connectivity index (χ0v) is 16.4. The van der Waals surface area contributed by atoms with Crippen molar-refractivity contribution >= 4 is 24.1 Å². The van der Waals surface area contributed by atoms with Gasteiger partial charge in [-0.25, -0.2) is 4.98 Å². The fourth-order valence-corrected chi connectivity index (χ4v) is 3.95. The largest absolute Gasteiger partial charge is 0.483 e.